The van der Waals surface area contributed by atoms with Crippen LogP contribution in [0, 0.1) is 46.3 Å². The number of alkyl halides is 1. The Bertz CT molecular complexity index is 709. The van der Waals surface area contributed by atoms with E-state index < -0.39 is 5.60 Å². The van der Waals surface area contributed by atoms with E-state index in [0.717, 1.165) is 25.2 Å². The maximum atomic E-state index is 11.7. The number of fused-ring (bicyclic) bond motifs is 5. The van der Waals surface area contributed by atoms with Gasteiger partial charge in [0.15, 0.2) is 0 Å². The van der Waals surface area contributed by atoms with Gasteiger partial charge in [0.2, 0.25) is 0 Å². The fourth-order valence-electron chi connectivity index (χ4n) is 8.15. The average molecular weight is 433 g/mol. The molecule has 0 aliphatic heterocycles. The van der Waals surface area contributed by atoms with E-state index in [1.54, 1.807) is 5.57 Å². The molecular weight excluding hydrogens is 388 g/mol. The molecule has 1 N–H and O–H groups in total. The van der Waals surface area contributed by atoms with Gasteiger partial charge >= 0.3 is 0 Å². The quantitative estimate of drug-likeness (QED) is 0.355. The van der Waals surface area contributed by atoms with Crippen LogP contribution in [0.2, 0.25) is 0 Å². The first-order valence-corrected chi connectivity index (χ1v) is 13.2. The number of allylic oxidation sites excluding steroid dienone is 3. The summed E-state index contributed by atoms with van der Waals surface area (Å²) < 4.78 is 0. The molecule has 0 bridgehead atoms. The van der Waals surface area contributed by atoms with Gasteiger partial charge in [-0.1, -0.05) is 78.2 Å². The molecule has 1 nitrogen and oxygen atoms in total. The van der Waals surface area contributed by atoms with Gasteiger partial charge in [-0.05, 0) is 79.4 Å². The molecule has 0 aromatic carbocycles. The molecule has 3 fully saturated rings. The van der Waals surface area contributed by atoms with Crippen molar-refractivity contribution in [3.05, 3.63) is 23.8 Å². The summed E-state index contributed by atoms with van der Waals surface area (Å²) in [4.78, 5) is 0. The summed E-state index contributed by atoms with van der Waals surface area (Å²) in [6.07, 6.45) is 16.9. The van der Waals surface area contributed by atoms with Crippen molar-refractivity contribution in [3.63, 3.8) is 0 Å². The minimum Gasteiger partial charge on any atom is -0.387 e. The Hall–Kier alpha value is -0.270. The molecule has 2 heteroatoms. The number of halogens is 1. The van der Waals surface area contributed by atoms with Crippen molar-refractivity contribution >= 4 is 11.6 Å². The fraction of sp³-hybridized carbons (Fsp3) is 0.857. The highest BCUT2D eigenvalue weighted by Gasteiger charge is 2.63. The van der Waals surface area contributed by atoms with Crippen LogP contribution in [-0.4, -0.2) is 16.1 Å². The Morgan fingerprint density at radius 3 is 2.37 bits per heavy atom. The first-order valence-electron chi connectivity index (χ1n) is 12.8. The Balaban J connectivity index is 1.61. The van der Waals surface area contributed by atoms with E-state index in [1.165, 1.54) is 32.1 Å². The van der Waals surface area contributed by atoms with Crippen molar-refractivity contribution in [1.29, 1.82) is 0 Å². The maximum Gasteiger partial charge on any atom is 0.0904 e. The van der Waals surface area contributed by atoms with Crippen LogP contribution in [0.4, 0.5) is 0 Å². The molecule has 0 amide bonds. The largest absolute Gasteiger partial charge is 0.387 e. The lowest BCUT2D eigenvalue weighted by molar-refractivity contribution is -0.142. The lowest BCUT2D eigenvalue weighted by Crippen LogP contribution is -2.62. The van der Waals surface area contributed by atoms with Crippen LogP contribution in [0.5, 0.6) is 0 Å². The van der Waals surface area contributed by atoms with E-state index in [2.05, 4.69) is 59.8 Å². The fourth-order valence-corrected chi connectivity index (χ4v) is 8.65. The minimum atomic E-state index is -0.713. The van der Waals surface area contributed by atoms with Gasteiger partial charge in [0.1, 0.15) is 0 Å². The predicted molar refractivity (Wildman–Crippen MR) is 129 cm³/mol. The zero-order chi connectivity index (χ0) is 21.9. The number of hydrogen-bond donors (Lipinski definition) is 1. The molecule has 0 aromatic rings. The van der Waals surface area contributed by atoms with Gasteiger partial charge in [-0.2, -0.15) is 0 Å². The Kier molecular flexibility index (Phi) is 6.07. The third-order valence-electron chi connectivity index (χ3n) is 10.6. The lowest BCUT2D eigenvalue weighted by atomic mass is 9.46. The molecule has 0 unspecified atom stereocenters. The molecule has 3 saturated carbocycles. The van der Waals surface area contributed by atoms with Gasteiger partial charge in [0.25, 0.3) is 0 Å². The topological polar surface area (TPSA) is 20.2 Å². The molecule has 4 aliphatic carbocycles. The van der Waals surface area contributed by atoms with E-state index in [9.17, 15) is 5.11 Å². The van der Waals surface area contributed by atoms with Crippen molar-refractivity contribution in [2.75, 3.05) is 0 Å². The second kappa shape index (κ2) is 7.95. The zero-order valence-corrected chi connectivity index (χ0v) is 21.0. The van der Waals surface area contributed by atoms with Gasteiger partial charge in [-0.25, -0.2) is 0 Å². The molecule has 0 aromatic heterocycles. The normalized spacial score (nSPS) is 48.1. The third kappa shape index (κ3) is 3.28. The molecule has 30 heavy (non-hydrogen) atoms. The van der Waals surface area contributed by atoms with Crippen LogP contribution in [0.15, 0.2) is 23.8 Å². The predicted octanol–water partition coefficient (Wildman–Crippen LogP) is 7.77. The second-order valence-electron chi connectivity index (χ2n) is 12.3. The summed E-state index contributed by atoms with van der Waals surface area (Å²) >= 11 is 6.95. The third-order valence-corrected chi connectivity index (χ3v) is 11.1. The van der Waals surface area contributed by atoms with Crippen molar-refractivity contribution in [3.8, 4) is 0 Å². The van der Waals surface area contributed by atoms with Crippen molar-refractivity contribution in [2.24, 2.45) is 46.3 Å². The number of hydrogen-bond acceptors (Lipinski definition) is 1. The van der Waals surface area contributed by atoms with E-state index in [0.29, 0.717) is 35.0 Å². The van der Waals surface area contributed by atoms with Crippen LogP contribution >= 0.6 is 11.6 Å². The molecule has 4 aliphatic rings. The Morgan fingerprint density at radius 1 is 0.967 bits per heavy atom. The van der Waals surface area contributed by atoms with Crippen molar-refractivity contribution < 1.29 is 5.11 Å². The van der Waals surface area contributed by atoms with E-state index >= 15 is 0 Å². The zero-order valence-electron chi connectivity index (χ0n) is 20.3. The van der Waals surface area contributed by atoms with Crippen molar-refractivity contribution in [1.82, 2.24) is 0 Å². The summed E-state index contributed by atoms with van der Waals surface area (Å²) in [6, 6.07) is 0. The second-order valence-corrected chi connectivity index (χ2v) is 12.8. The summed E-state index contributed by atoms with van der Waals surface area (Å²) in [7, 11) is 0. The summed E-state index contributed by atoms with van der Waals surface area (Å²) in [5.74, 6) is 3.93. The SMILES string of the molecule is CC(C)[C@@H](C)C=C[C@@H](C)[C@H]1CC[C@H]2C3=C[C@H](Cl)[C@@]4(O)CCCC[C@]4(C)[C@H]3CC[C@]12C. The smallest absolute Gasteiger partial charge is 0.0904 e. The van der Waals surface area contributed by atoms with E-state index in [-0.39, 0.29) is 10.8 Å². The Morgan fingerprint density at radius 2 is 1.67 bits per heavy atom. The standard InChI is InChI=1S/C28H45ClO/c1-18(2)19(3)9-10-20(4)22-11-12-23-21-17-25(29)28(30)15-8-7-14-27(28,6)24(21)13-16-26(22,23)5/h9-10,17-20,22-25,30H,7-8,11-16H2,1-6H3/t19-,20+,22+,23-,24-,25-,26+,27+,28-/m0/s1. The van der Waals surface area contributed by atoms with Crippen LogP contribution in [0.25, 0.3) is 0 Å². The molecule has 0 heterocycles. The Labute approximate surface area is 190 Å². The molecule has 4 rings (SSSR count). The highest BCUT2D eigenvalue weighted by Crippen LogP contribution is 2.68. The molecular formula is C28H45ClO. The molecule has 170 valence electrons. The van der Waals surface area contributed by atoms with Crippen molar-refractivity contribution in [2.45, 2.75) is 104 Å². The molecule has 0 spiro atoms. The van der Waals surface area contributed by atoms with E-state index in [4.69, 9.17) is 11.6 Å². The highest BCUT2D eigenvalue weighted by atomic mass is 35.5. The van der Waals surface area contributed by atoms with Crippen LogP contribution in [0.3, 0.4) is 0 Å². The molecule has 9 atom stereocenters. The summed E-state index contributed by atoms with van der Waals surface area (Å²) in [5.41, 5.74) is 1.26. The average Bonchev–Trinajstić information content (AvgIpc) is 3.05. The van der Waals surface area contributed by atoms with Gasteiger partial charge in [-0.15, -0.1) is 11.6 Å². The van der Waals surface area contributed by atoms with Gasteiger partial charge < -0.3 is 5.11 Å². The minimum absolute atomic E-state index is 0.0423. The summed E-state index contributed by atoms with van der Waals surface area (Å²) in [6.45, 7) is 14.4. The van der Waals surface area contributed by atoms with Crippen LogP contribution in [-0.2, 0) is 0 Å². The maximum absolute atomic E-state index is 11.7. The lowest BCUT2D eigenvalue weighted by Gasteiger charge is -2.61. The first kappa shape index (κ1) is 22.9. The summed E-state index contributed by atoms with van der Waals surface area (Å²) in [5, 5.41) is 11.5. The molecule has 0 saturated heterocycles. The van der Waals surface area contributed by atoms with Gasteiger partial charge in [-0.3, -0.25) is 0 Å². The number of aliphatic hydroxyl groups is 1. The van der Waals surface area contributed by atoms with E-state index in [1.807, 2.05) is 0 Å². The highest BCUT2D eigenvalue weighted by molar-refractivity contribution is 6.22. The molecule has 0 radical (unpaired) electrons. The first-order chi connectivity index (χ1) is 14.0. The number of rotatable bonds is 4. The van der Waals surface area contributed by atoms with Gasteiger partial charge in [0.05, 0.1) is 11.0 Å². The van der Waals surface area contributed by atoms with Crippen LogP contribution < -0.4 is 0 Å². The monoisotopic (exact) mass is 432 g/mol. The van der Waals surface area contributed by atoms with Crippen LogP contribution in [0.1, 0.15) is 92.9 Å². The van der Waals surface area contributed by atoms with Gasteiger partial charge in [0, 0.05) is 5.41 Å².